The third-order valence-corrected chi connectivity index (χ3v) is 5.28. The number of nitrogens with one attached hydrogen (secondary N) is 1. The standard InChI is InChI=1S/C18H28N2O/c1-15-7-8-16-5-3-4-6-17(16)20(15)14-18(13-19-2)9-11-21-12-10-18/h3-6,15,19H,7-14H2,1-2H3. The number of para-hydroxylation sites is 1. The van der Waals surface area contributed by atoms with Crippen LogP contribution >= 0.6 is 0 Å². The van der Waals surface area contributed by atoms with Gasteiger partial charge in [0.2, 0.25) is 0 Å². The van der Waals surface area contributed by atoms with E-state index in [4.69, 9.17) is 4.74 Å². The summed E-state index contributed by atoms with van der Waals surface area (Å²) in [6.07, 6.45) is 4.82. The van der Waals surface area contributed by atoms with E-state index in [0.717, 1.165) is 26.3 Å². The second kappa shape index (κ2) is 6.37. The molecule has 1 saturated heterocycles. The second-order valence-corrected chi connectivity index (χ2v) is 6.79. The molecule has 3 rings (SSSR count). The molecule has 0 aliphatic carbocycles. The van der Waals surface area contributed by atoms with E-state index in [2.05, 4.69) is 48.5 Å². The molecule has 116 valence electrons. The summed E-state index contributed by atoms with van der Waals surface area (Å²) < 4.78 is 5.61. The molecule has 0 radical (unpaired) electrons. The van der Waals surface area contributed by atoms with Crippen molar-refractivity contribution in [2.24, 2.45) is 5.41 Å². The zero-order valence-corrected chi connectivity index (χ0v) is 13.4. The molecular formula is C18H28N2O. The summed E-state index contributed by atoms with van der Waals surface area (Å²) >= 11 is 0. The molecule has 0 aromatic heterocycles. The van der Waals surface area contributed by atoms with E-state index in [1.807, 2.05) is 0 Å². The summed E-state index contributed by atoms with van der Waals surface area (Å²) in [5.41, 5.74) is 3.33. The fourth-order valence-electron chi connectivity index (χ4n) is 3.93. The summed E-state index contributed by atoms with van der Waals surface area (Å²) in [4.78, 5) is 2.65. The molecule has 2 aliphatic rings. The number of hydrogen-bond acceptors (Lipinski definition) is 3. The molecule has 0 saturated carbocycles. The number of hydrogen-bond donors (Lipinski definition) is 1. The van der Waals surface area contributed by atoms with Crippen LogP contribution in [-0.4, -0.2) is 39.4 Å². The number of benzene rings is 1. The van der Waals surface area contributed by atoms with Crippen molar-refractivity contribution in [3.8, 4) is 0 Å². The van der Waals surface area contributed by atoms with Crippen molar-refractivity contribution in [1.29, 1.82) is 0 Å². The third kappa shape index (κ3) is 3.09. The number of aryl methyl sites for hydroxylation is 1. The Balaban J connectivity index is 1.84. The van der Waals surface area contributed by atoms with Gasteiger partial charge in [0.05, 0.1) is 0 Å². The highest BCUT2D eigenvalue weighted by Gasteiger charge is 2.36. The summed E-state index contributed by atoms with van der Waals surface area (Å²) in [5, 5.41) is 3.42. The minimum atomic E-state index is 0.353. The van der Waals surface area contributed by atoms with Crippen LogP contribution in [0.2, 0.25) is 0 Å². The lowest BCUT2D eigenvalue weighted by Gasteiger charge is -2.46. The SMILES string of the molecule is CNCC1(CN2c3ccccc3CCC2C)CCOCC1. The average Bonchev–Trinajstić information content (AvgIpc) is 2.51. The largest absolute Gasteiger partial charge is 0.381 e. The number of fused-ring (bicyclic) bond motifs is 1. The van der Waals surface area contributed by atoms with Crippen LogP contribution in [-0.2, 0) is 11.2 Å². The molecule has 0 amide bonds. The highest BCUT2D eigenvalue weighted by atomic mass is 16.5. The Hall–Kier alpha value is -1.06. The van der Waals surface area contributed by atoms with Crippen molar-refractivity contribution in [2.75, 3.05) is 38.3 Å². The fraction of sp³-hybridized carbons (Fsp3) is 0.667. The summed E-state index contributed by atoms with van der Waals surface area (Å²) in [6, 6.07) is 9.58. The van der Waals surface area contributed by atoms with Gasteiger partial charge < -0.3 is 15.0 Å². The van der Waals surface area contributed by atoms with Gasteiger partial charge in [0, 0.05) is 43.4 Å². The number of ether oxygens (including phenoxy) is 1. The maximum Gasteiger partial charge on any atom is 0.0472 e. The molecule has 1 unspecified atom stereocenters. The summed E-state index contributed by atoms with van der Waals surface area (Å²) in [5.74, 6) is 0. The predicted octanol–water partition coefficient (Wildman–Crippen LogP) is 2.84. The van der Waals surface area contributed by atoms with Crippen LogP contribution < -0.4 is 10.2 Å². The van der Waals surface area contributed by atoms with Crippen molar-refractivity contribution in [3.63, 3.8) is 0 Å². The van der Waals surface area contributed by atoms with Gasteiger partial charge in [-0.3, -0.25) is 0 Å². The van der Waals surface area contributed by atoms with Crippen molar-refractivity contribution < 1.29 is 4.74 Å². The monoisotopic (exact) mass is 288 g/mol. The first-order valence-corrected chi connectivity index (χ1v) is 8.31. The molecule has 1 atom stereocenters. The Morgan fingerprint density at radius 1 is 1.29 bits per heavy atom. The van der Waals surface area contributed by atoms with Gasteiger partial charge in [-0.2, -0.15) is 0 Å². The van der Waals surface area contributed by atoms with E-state index in [0.29, 0.717) is 11.5 Å². The van der Waals surface area contributed by atoms with E-state index < -0.39 is 0 Å². The first-order valence-electron chi connectivity index (χ1n) is 8.31. The molecule has 1 fully saturated rings. The zero-order valence-electron chi connectivity index (χ0n) is 13.4. The Kier molecular flexibility index (Phi) is 4.51. The van der Waals surface area contributed by atoms with Crippen LogP contribution in [0.1, 0.15) is 31.7 Å². The minimum absolute atomic E-state index is 0.353. The molecule has 3 heteroatoms. The van der Waals surface area contributed by atoms with E-state index >= 15 is 0 Å². The van der Waals surface area contributed by atoms with Crippen molar-refractivity contribution in [3.05, 3.63) is 29.8 Å². The molecule has 1 aromatic carbocycles. The Morgan fingerprint density at radius 3 is 2.81 bits per heavy atom. The van der Waals surface area contributed by atoms with Crippen LogP contribution in [0.4, 0.5) is 5.69 Å². The molecule has 3 nitrogen and oxygen atoms in total. The maximum absolute atomic E-state index is 5.61. The smallest absolute Gasteiger partial charge is 0.0472 e. The Labute approximate surface area is 128 Å². The molecular weight excluding hydrogens is 260 g/mol. The van der Waals surface area contributed by atoms with Gasteiger partial charge in [-0.15, -0.1) is 0 Å². The summed E-state index contributed by atoms with van der Waals surface area (Å²) in [7, 11) is 2.07. The number of rotatable bonds is 4. The van der Waals surface area contributed by atoms with Gasteiger partial charge in [0.1, 0.15) is 0 Å². The lowest BCUT2D eigenvalue weighted by atomic mass is 9.78. The lowest BCUT2D eigenvalue weighted by molar-refractivity contribution is 0.0183. The zero-order chi connectivity index (χ0) is 14.7. The molecule has 0 bridgehead atoms. The second-order valence-electron chi connectivity index (χ2n) is 6.79. The Morgan fingerprint density at radius 2 is 2.05 bits per heavy atom. The third-order valence-electron chi connectivity index (χ3n) is 5.28. The normalized spacial score (nSPS) is 24.7. The van der Waals surface area contributed by atoms with Gasteiger partial charge in [-0.25, -0.2) is 0 Å². The quantitative estimate of drug-likeness (QED) is 0.922. The maximum atomic E-state index is 5.61. The first kappa shape index (κ1) is 14.9. The van der Waals surface area contributed by atoms with Crippen molar-refractivity contribution in [1.82, 2.24) is 5.32 Å². The van der Waals surface area contributed by atoms with Gasteiger partial charge in [0.25, 0.3) is 0 Å². The molecule has 2 aliphatic heterocycles. The fourth-order valence-corrected chi connectivity index (χ4v) is 3.93. The highest BCUT2D eigenvalue weighted by Crippen LogP contribution is 2.37. The van der Waals surface area contributed by atoms with Gasteiger partial charge in [-0.05, 0) is 51.3 Å². The van der Waals surface area contributed by atoms with Crippen molar-refractivity contribution in [2.45, 2.75) is 38.6 Å². The molecule has 0 spiro atoms. The van der Waals surface area contributed by atoms with E-state index in [-0.39, 0.29) is 0 Å². The first-order chi connectivity index (χ1) is 10.2. The van der Waals surface area contributed by atoms with Gasteiger partial charge in [-0.1, -0.05) is 18.2 Å². The summed E-state index contributed by atoms with van der Waals surface area (Å²) in [6.45, 7) is 6.43. The highest BCUT2D eigenvalue weighted by molar-refractivity contribution is 5.56. The van der Waals surface area contributed by atoms with Gasteiger partial charge in [0.15, 0.2) is 0 Å². The van der Waals surface area contributed by atoms with Crippen LogP contribution in [0.15, 0.2) is 24.3 Å². The number of nitrogens with zero attached hydrogens (tertiary/aromatic N) is 1. The minimum Gasteiger partial charge on any atom is -0.381 e. The lowest BCUT2D eigenvalue weighted by Crippen LogP contribution is -2.50. The van der Waals surface area contributed by atoms with Crippen LogP contribution in [0.3, 0.4) is 0 Å². The molecule has 1 aromatic rings. The van der Waals surface area contributed by atoms with Gasteiger partial charge >= 0.3 is 0 Å². The number of anilines is 1. The average molecular weight is 288 g/mol. The predicted molar refractivity (Wildman–Crippen MR) is 88.0 cm³/mol. The topological polar surface area (TPSA) is 24.5 Å². The van der Waals surface area contributed by atoms with Crippen LogP contribution in [0.5, 0.6) is 0 Å². The molecule has 2 heterocycles. The molecule has 21 heavy (non-hydrogen) atoms. The van der Waals surface area contributed by atoms with E-state index in [1.54, 1.807) is 0 Å². The molecule has 1 N–H and O–H groups in total. The Bertz CT molecular complexity index is 463. The van der Waals surface area contributed by atoms with E-state index in [1.165, 1.54) is 36.9 Å². The van der Waals surface area contributed by atoms with Crippen LogP contribution in [0.25, 0.3) is 0 Å². The van der Waals surface area contributed by atoms with Crippen molar-refractivity contribution >= 4 is 5.69 Å². The van der Waals surface area contributed by atoms with Crippen LogP contribution in [0, 0.1) is 5.41 Å². The van der Waals surface area contributed by atoms with E-state index in [9.17, 15) is 0 Å².